The Kier molecular flexibility index (Phi) is 4.92. The summed E-state index contributed by atoms with van der Waals surface area (Å²) >= 11 is 0. The van der Waals surface area contributed by atoms with Gasteiger partial charge in [-0.3, -0.25) is 14.7 Å². The first-order valence-corrected chi connectivity index (χ1v) is 10.2. The van der Waals surface area contributed by atoms with Crippen molar-refractivity contribution in [3.63, 3.8) is 0 Å². The molecule has 8 nitrogen and oxygen atoms in total. The standard InChI is InChI=1S/C22H24N6O2/c1-30-19-4-2-18(3-5-19)24-22(29)21-26-25-20-10-16-12-27(13-17(16)14-28(20)21)11-15-6-8-23-9-7-15/h2-9,16-17H,10-14H2,1H3,(H,24,29)/t16-,17+/m1/s1. The van der Waals surface area contributed by atoms with Gasteiger partial charge in [0.1, 0.15) is 11.6 Å². The summed E-state index contributed by atoms with van der Waals surface area (Å²) in [5.74, 6) is 2.86. The van der Waals surface area contributed by atoms with E-state index in [1.165, 1.54) is 5.56 Å². The number of hydrogen-bond acceptors (Lipinski definition) is 6. The molecule has 2 atom stereocenters. The molecule has 8 heteroatoms. The number of hydrogen-bond donors (Lipinski definition) is 1. The van der Waals surface area contributed by atoms with Gasteiger partial charge in [0.2, 0.25) is 5.82 Å². The van der Waals surface area contributed by atoms with Gasteiger partial charge in [-0.2, -0.15) is 0 Å². The van der Waals surface area contributed by atoms with Crippen LogP contribution in [0.2, 0.25) is 0 Å². The Labute approximate surface area is 174 Å². The Morgan fingerprint density at radius 1 is 1.07 bits per heavy atom. The van der Waals surface area contributed by atoms with Crippen molar-refractivity contribution in [2.75, 3.05) is 25.5 Å². The van der Waals surface area contributed by atoms with Gasteiger partial charge >= 0.3 is 0 Å². The maximum atomic E-state index is 12.8. The minimum atomic E-state index is -0.232. The zero-order valence-electron chi connectivity index (χ0n) is 16.9. The summed E-state index contributed by atoms with van der Waals surface area (Å²) in [5, 5.41) is 11.4. The summed E-state index contributed by atoms with van der Waals surface area (Å²) in [4.78, 5) is 19.4. The molecule has 0 radical (unpaired) electrons. The second kappa shape index (κ2) is 7.87. The van der Waals surface area contributed by atoms with E-state index in [1.54, 1.807) is 7.11 Å². The monoisotopic (exact) mass is 404 g/mol. The maximum absolute atomic E-state index is 12.8. The largest absolute Gasteiger partial charge is 0.497 e. The zero-order valence-corrected chi connectivity index (χ0v) is 16.9. The summed E-state index contributed by atoms with van der Waals surface area (Å²) < 4.78 is 7.16. The lowest BCUT2D eigenvalue weighted by Crippen LogP contribution is -2.31. The number of fused-ring (bicyclic) bond motifs is 2. The number of pyridine rings is 1. The number of likely N-dealkylation sites (tertiary alicyclic amines) is 1. The second-order valence-electron chi connectivity index (χ2n) is 8.01. The second-order valence-corrected chi connectivity index (χ2v) is 8.01. The molecule has 0 aliphatic carbocycles. The van der Waals surface area contributed by atoms with Crippen molar-refractivity contribution in [3.05, 3.63) is 66.0 Å². The quantitative estimate of drug-likeness (QED) is 0.702. The van der Waals surface area contributed by atoms with Crippen LogP contribution in [0.5, 0.6) is 5.75 Å². The normalized spacial score (nSPS) is 20.4. The summed E-state index contributed by atoms with van der Waals surface area (Å²) in [6.45, 7) is 3.78. The molecular formula is C22H24N6O2. The van der Waals surface area contributed by atoms with Gasteiger partial charge in [0.15, 0.2) is 0 Å². The number of carbonyl (C=O) groups excluding carboxylic acids is 1. The molecule has 0 bridgehead atoms. The molecule has 2 aliphatic heterocycles. The Balaban J connectivity index is 1.26. The minimum Gasteiger partial charge on any atom is -0.497 e. The third-order valence-corrected chi connectivity index (χ3v) is 6.05. The van der Waals surface area contributed by atoms with Crippen LogP contribution in [0.4, 0.5) is 5.69 Å². The van der Waals surface area contributed by atoms with E-state index >= 15 is 0 Å². The summed E-state index contributed by atoms with van der Waals surface area (Å²) in [6.07, 6.45) is 4.54. The summed E-state index contributed by atoms with van der Waals surface area (Å²) in [7, 11) is 1.62. The van der Waals surface area contributed by atoms with E-state index in [9.17, 15) is 4.79 Å². The third kappa shape index (κ3) is 3.66. The highest BCUT2D eigenvalue weighted by Crippen LogP contribution is 2.33. The Bertz CT molecular complexity index is 1030. The fraction of sp³-hybridized carbons (Fsp3) is 0.364. The highest BCUT2D eigenvalue weighted by molar-refractivity contribution is 6.01. The average Bonchev–Trinajstić information content (AvgIpc) is 3.35. The Morgan fingerprint density at radius 3 is 2.60 bits per heavy atom. The molecule has 4 heterocycles. The van der Waals surface area contributed by atoms with E-state index in [0.717, 1.165) is 44.2 Å². The minimum absolute atomic E-state index is 0.232. The highest BCUT2D eigenvalue weighted by atomic mass is 16.5. The highest BCUT2D eigenvalue weighted by Gasteiger charge is 2.39. The van der Waals surface area contributed by atoms with Gasteiger partial charge < -0.3 is 14.6 Å². The fourth-order valence-corrected chi connectivity index (χ4v) is 4.53. The molecule has 5 rings (SSSR count). The lowest BCUT2D eigenvalue weighted by Gasteiger charge is -2.25. The van der Waals surface area contributed by atoms with Gasteiger partial charge in [0.25, 0.3) is 5.91 Å². The van der Waals surface area contributed by atoms with E-state index in [1.807, 2.05) is 41.2 Å². The van der Waals surface area contributed by atoms with Gasteiger partial charge in [-0.05, 0) is 53.8 Å². The predicted octanol–water partition coefficient (Wildman–Crippen LogP) is 2.24. The lowest BCUT2D eigenvalue weighted by atomic mass is 9.89. The van der Waals surface area contributed by atoms with Crippen LogP contribution in [-0.4, -0.2) is 50.8 Å². The van der Waals surface area contributed by atoms with Gasteiger partial charge in [0, 0.05) is 50.7 Å². The molecule has 1 aromatic carbocycles. The average molecular weight is 404 g/mol. The van der Waals surface area contributed by atoms with E-state index in [0.29, 0.717) is 23.3 Å². The number of methoxy groups -OCH3 is 1. The van der Waals surface area contributed by atoms with Crippen molar-refractivity contribution in [1.29, 1.82) is 0 Å². The molecule has 30 heavy (non-hydrogen) atoms. The van der Waals surface area contributed by atoms with Crippen LogP contribution < -0.4 is 10.1 Å². The molecular weight excluding hydrogens is 380 g/mol. The van der Waals surface area contributed by atoms with E-state index in [2.05, 4.69) is 37.5 Å². The van der Waals surface area contributed by atoms with Crippen LogP contribution in [0.25, 0.3) is 0 Å². The number of amides is 1. The third-order valence-electron chi connectivity index (χ3n) is 6.05. The van der Waals surface area contributed by atoms with Crippen molar-refractivity contribution in [2.24, 2.45) is 11.8 Å². The Hall–Kier alpha value is -3.26. The molecule has 154 valence electrons. The van der Waals surface area contributed by atoms with Gasteiger partial charge in [-0.15, -0.1) is 10.2 Å². The van der Waals surface area contributed by atoms with Crippen molar-refractivity contribution in [3.8, 4) is 5.75 Å². The summed E-state index contributed by atoms with van der Waals surface area (Å²) in [5.41, 5.74) is 1.99. The molecule has 1 N–H and O–H groups in total. The first-order chi connectivity index (χ1) is 14.7. The molecule has 0 spiro atoms. The molecule has 1 amide bonds. The van der Waals surface area contributed by atoms with Crippen LogP contribution in [0.15, 0.2) is 48.8 Å². The van der Waals surface area contributed by atoms with E-state index in [4.69, 9.17) is 4.74 Å². The van der Waals surface area contributed by atoms with Crippen molar-refractivity contribution >= 4 is 11.6 Å². The van der Waals surface area contributed by atoms with Crippen LogP contribution >= 0.6 is 0 Å². The lowest BCUT2D eigenvalue weighted by molar-refractivity contribution is 0.100. The summed E-state index contributed by atoms with van der Waals surface area (Å²) in [6, 6.07) is 11.4. The van der Waals surface area contributed by atoms with Gasteiger partial charge in [-0.1, -0.05) is 0 Å². The SMILES string of the molecule is COc1ccc(NC(=O)c2nnc3n2C[C@@H]2CN(Cc4ccncc4)C[C@H]2C3)cc1. The van der Waals surface area contributed by atoms with E-state index in [-0.39, 0.29) is 5.91 Å². The maximum Gasteiger partial charge on any atom is 0.293 e. The van der Waals surface area contributed by atoms with Crippen molar-refractivity contribution < 1.29 is 9.53 Å². The number of nitrogens with zero attached hydrogens (tertiary/aromatic N) is 5. The Morgan fingerprint density at radius 2 is 1.83 bits per heavy atom. The van der Waals surface area contributed by atoms with Crippen LogP contribution in [0.3, 0.4) is 0 Å². The van der Waals surface area contributed by atoms with Gasteiger partial charge in [-0.25, -0.2) is 0 Å². The number of aromatic nitrogens is 4. The van der Waals surface area contributed by atoms with Crippen LogP contribution in [-0.2, 0) is 19.5 Å². The number of rotatable bonds is 5. The number of carbonyl (C=O) groups is 1. The first-order valence-electron chi connectivity index (χ1n) is 10.2. The molecule has 1 fully saturated rings. The molecule has 0 unspecified atom stereocenters. The number of ether oxygens (including phenoxy) is 1. The molecule has 1 saturated heterocycles. The van der Waals surface area contributed by atoms with E-state index < -0.39 is 0 Å². The first kappa shape index (κ1) is 18.7. The number of nitrogens with one attached hydrogen (secondary N) is 1. The molecule has 2 aliphatic rings. The van der Waals surface area contributed by atoms with Crippen LogP contribution in [0, 0.1) is 11.8 Å². The van der Waals surface area contributed by atoms with Crippen molar-refractivity contribution in [1.82, 2.24) is 24.6 Å². The molecule has 2 aromatic heterocycles. The smallest absolute Gasteiger partial charge is 0.293 e. The fourth-order valence-electron chi connectivity index (χ4n) is 4.53. The van der Waals surface area contributed by atoms with Crippen molar-refractivity contribution in [2.45, 2.75) is 19.5 Å². The van der Waals surface area contributed by atoms with Crippen LogP contribution in [0.1, 0.15) is 22.0 Å². The topological polar surface area (TPSA) is 85.2 Å². The zero-order chi connectivity index (χ0) is 20.5. The molecule has 3 aromatic rings. The number of anilines is 1. The number of benzene rings is 1. The van der Waals surface area contributed by atoms with Gasteiger partial charge in [0.05, 0.1) is 7.11 Å². The molecule has 0 saturated carbocycles. The predicted molar refractivity (Wildman–Crippen MR) is 111 cm³/mol.